The number of nitrogens with one attached hydrogen (secondary N) is 1. The molecule has 0 spiro atoms. The molecule has 2 aromatic carbocycles. The highest BCUT2D eigenvalue weighted by atomic mass is 16.5. The highest BCUT2D eigenvalue weighted by molar-refractivity contribution is 6.21. The van der Waals surface area contributed by atoms with Crippen LogP contribution in [0, 0.1) is 0 Å². The summed E-state index contributed by atoms with van der Waals surface area (Å²) < 4.78 is 5.32. The fourth-order valence-corrected chi connectivity index (χ4v) is 4.37. The summed E-state index contributed by atoms with van der Waals surface area (Å²) in [5.41, 5.74) is 3.64. The largest absolute Gasteiger partial charge is 0.508 e. The van der Waals surface area contributed by atoms with Gasteiger partial charge in [0, 0.05) is 23.9 Å². The smallest absolute Gasteiger partial charge is 0.262 e. The molecule has 5 rings (SSSR count). The van der Waals surface area contributed by atoms with Gasteiger partial charge >= 0.3 is 0 Å². The average molecular weight is 415 g/mol. The second-order valence-electron chi connectivity index (χ2n) is 7.66. The summed E-state index contributed by atoms with van der Waals surface area (Å²) >= 11 is 0. The third kappa shape index (κ3) is 3.18. The molecule has 1 atom stereocenters. The maximum atomic E-state index is 12.9. The van der Waals surface area contributed by atoms with E-state index in [1.807, 2.05) is 12.1 Å². The monoisotopic (exact) mass is 415 g/mol. The minimum atomic E-state index is -0.291. The lowest BCUT2D eigenvalue weighted by Crippen LogP contribution is -2.33. The first-order valence-corrected chi connectivity index (χ1v) is 10.1. The molecule has 2 aliphatic rings. The molecule has 0 bridgehead atoms. The molecule has 2 heterocycles. The van der Waals surface area contributed by atoms with Crippen molar-refractivity contribution in [2.24, 2.45) is 0 Å². The number of pyridine rings is 1. The maximum Gasteiger partial charge on any atom is 0.262 e. The molecule has 0 saturated heterocycles. The average Bonchev–Trinajstić information content (AvgIpc) is 3.31. The van der Waals surface area contributed by atoms with E-state index in [0.29, 0.717) is 42.1 Å². The lowest BCUT2D eigenvalue weighted by Gasteiger charge is -2.22. The predicted molar refractivity (Wildman–Crippen MR) is 114 cm³/mol. The molecule has 0 fully saturated rings. The van der Waals surface area contributed by atoms with Crippen LogP contribution in [0.5, 0.6) is 11.5 Å². The molecule has 2 amide bonds. The van der Waals surface area contributed by atoms with Crippen LogP contribution in [0.15, 0.2) is 54.6 Å². The van der Waals surface area contributed by atoms with Crippen LogP contribution in [0.3, 0.4) is 0 Å². The Morgan fingerprint density at radius 1 is 1.10 bits per heavy atom. The van der Waals surface area contributed by atoms with Crippen LogP contribution in [-0.2, 0) is 13.0 Å². The zero-order valence-electron chi connectivity index (χ0n) is 17.0. The number of anilines is 1. The Labute approximate surface area is 179 Å². The number of imide groups is 1. The van der Waals surface area contributed by atoms with Crippen LogP contribution in [0.1, 0.15) is 50.0 Å². The topological polar surface area (TPSA) is 91.8 Å². The predicted octanol–water partition coefficient (Wildman–Crippen LogP) is 3.69. The SMILES string of the molecule is COc1cc(O)ccc1CNc1ccc2c(n1)CCC2N1C(=O)c2ccccc2C1=O. The van der Waals surface area contributed by atoms with Gasteiger partial charge in [0.1, 0.15) is 17.3 Å². The van der Waals surface area contributed by atoms with Crippen LogP contribution in [-0.4, -0.2) is 33.9 Å². The number of hydrogen-bond donors (Lipinski definition) is 2. The van der Waals surface area contributed by atoms with Crippen molar-refractivity contribution < 1.29 is 19.4 Å². The molecule has 2 N–H and O–H groups in total. The molecule has 1 unspecified atom stereocenters. The van der Waals surface area contributed by atoms with Crippen LogP contribution >= 0.6 is 0 Å². The maximum absolute atomic E-state index is 12.9. The molecule has 0 radical (unpaired) electrons. The standard InChI is InChI=1S/C24H21N3O4/c1-31-21-12-15(28)7-6-14(21)13-25-22-11-8-18-19(26-22)9-10-20(18)27-23(29)16-4-2-3-5-17(16)24(27)30/h2-8,11-12,20,28H,9-10,13H2,1H3,(H,25,26). The first-order valence-electron chi connectivity index (χ1n) is 10.1. The zero-order chi connectivity index (χ0) is 21.5. The van der Waals surface area contributed by atoms with E-state index in [-0.39, 0.29) is 23.6 Å². The minimum absolute atomic E-state index is 0.149. The second-order valence-corrected chi connectivity index (χ2v) is 7.66. The van der Waals surface area contributed by atoms with Gasteiger partial charge in [0.15, 0.2) is 0 Å². The fourth-order valence-electron chi connectivity index (χ4n) is 4.37. The Kier molecular flexibility index (Phi) is 4.58. The van der Waals surface area contributed by atoms with E-state index in [1.54, 1.807) is 49.6 Å². The van der Waals surface area contributed by atoms with Crippen molar-refractivity contribution in [3.05, 3.63) is 82.5 Å². The van der Waals surface area contributed by atoms with Crippen LogP contribution in [0.2, 0.25) is 0 Å². The van der Waals surface area contributed by atoms with Gasteiger partial charge < -0.3 is 15.2 Å². The highest BCUT2D eigenvalue weighted by Crippen LogP contribution is 2.40. The van der Waals surface area contributed by atoms with Crippen LogP contribution < -0.4 is 10.1 Å². The number of hydrogen-bond acceptors (Lipinski definition) is 6. The van der Waals surface area contributed by atoms with Crippen molar-refractivity contribution in [3.63, 3.8) is 0 Å². The number of methoxy groups -OCH3 is 1. The number of phenols is 1. The lowest BCUT2D eigenvalue weighted by molar-refractivity contribution is 0.0582. The summed E-state index contributed by atoms with van der Waals surface area (Å²) in [5.74, 6) is 0.979. The Hall–Kier alpha value is -3.87. The third-order valence-electron chi connectivity index (χ3n) is 5.89. The molecule has 1 aliphatic heterocycles. The Morgan fingerprint density at radius 2 is 1.84 bits per heavy atom. The first-order chi connectivity index (χ1) is 15.1. The Morgan fingerprint density at radius 3 is 2.55 bits per heavy atom. The second kappa shape index (κ2) is 7.43. The van der Waals surface area contributed by atoms with Crippen molar-refractivity contribution in [3.8, 4) is 11.5 Å². The number of ether oxygens (including phenoxy) is 1. The minimum Gasteiger partial charge on any atom is -0.508 e. The summed E-state index contributed by atoms with van der Waals surface area (Å²) in [7, 11) is 1.56. The molecule has 1 aromatic heterocycles. The number of nitrogens with zero attached hydrogens (tertiary/aromatic N) is 2. The molecule has 7 heteroatoms. The number of carbonyl (C=O) groups is 2. The number of fused-ring (bicyclic) bond motifs is 2. The third-order valence-corrected chi connectivity index (χ3v) is 5.89. The quantitative estimate of drug-likeness (QED) is 0.618. The first kappa shape index (κ1) is 19.1. The van der Waals surface area contributed by atoms with Gasteiger partial charge in [0.05, 0.1) is 24.3 Å². The molecular weight excluding hydrogens is 394 g/mol. The van der Waals surface area contributed by atoms with E-state index in [0.717, 1.165) is 16.8 Å². The van der Waals surface area contributed by atoms with E-state index in [2.05, 4.69) is 5.32 Å². The number of carbonyl (C=O) groups excluding carboxylic acids is 2. The van der Waals surface area contributed by atoms with Gasteiger partial charge in [-0.2, -0.15) is 0 Å². The Bertz CT molecular complexity index is 1170. The summed E-state index contributed by atoms with van der Waals surface area (Å²) in [6.07, 6.45) is 1.37. The van der Waals surface area contributed by atoms with Crippen molar-refractivity contribution in [2.45, 2.75) is 25.4 Å². The fraction of sp³-hybridized carbons (Fsp3) is 0.208. The summed E-state index contributed by atoms with van der Waals surface area (Å²) in [6, 6.07) is 15.5. The van der Waals surface area contributed by atoms with Crippen LogP contribution in [0.4, 0.5) is 5.82 Å². The summed E-state index contributed by atoms with van der Waals surface area (Å²) in [6.45, 7) is 0.483. The lowest BCUT2D eigenvalue weighted by atomic mass is 10.1. The normalized spacial score (nSPS) is 16.9. The van der Waals surface area contributed by atoms with E-state index >= 15 is 0 Å². The van der Waals surface area contributed by atoms with Gasteiger partial charge in [-0.05, 0) is 48.7 Å². The molecule has 31 heavy (non-hydrogen) atoms. The van der Waals surface area contributed by atoms with E-state index < -0.39 is 0 Å². The molecule has 1 aliphatic carbocycles. The molecule has 7 nitrogen and oxygen atoms in total. The van der Waals surface area contributed by atoms with Gasteiger partial charge in [-0.3, -0.25) is 14.5 Å². The number of aromatic hydroxyl groups is 1. The number of rotatable bonds is 5. The number of benzene rings is 2. The van der Waals surface area contributed by atoms with Gasteiger partial charge in [-0.1, -0.05) is 18.2 Å². The van der Waals surface area contributed by atoms with Crippen molar-refractivity contribution in [2.75, 3.05) is 12.4 Å². The number of aromatic nitrogens is 1. The molecule has 3 aromatic rings. The van der Waals surface area contributed by atoms with Gasteiger partial charge in [0.25, 0.3) is 11.8 Å². The summed E-state index contributed by atoms with van der Waals surface area (Å²) in [5, 5.41) is 12.9. The number of aryl methyl sites for hydroxylation is 1. The van der Waals surface area contributed by atoms with Gasteiger partial charge in [-0.25, -0.2) is 4.98 Å². The highest BCUT2D eigenvalue weighted by Gasteiger charge is 2.42. The van der Waals surface area contributed by atoms with Gasteiger partial charge in [0.2, 0.25) is 0 Å². The number of phenolic OH excluding ortho intramolecular Hbond substituents is 1. The van der Waals surface area contributed by atoms with E-state index in [9.17, 15) is 14.7 Å². The van der Waals surface area contributed by atoms with Crippen molar-refractivity contribution in [1.82, 2.24) is 9.88 Å². The van der Waals surface area contributed by atoms with Crippen molar-refractivity contribution >= 4 is 17.6 Å². The molecular formula is C24H21N3O4. The summed E-state index contributed by atoms with van der Waals surface area (Å²) in [4.78, 5) is 31.8. The zero-order valence-corrected chi connectivity index (χ0v) is 17.0. The van der Waals surface area contributed by atoms with E-state index in [1.165, 1.54) is 4.90 Å². The van der Waals surface area contributed by atoms with Crippen LogP contribution in [0.25, 0.3) is 0 Å². The Balaban J connectivity index is 1.35. The number of amides is 2. The van der Waals surface area contributed by atoms with Gasteiger partial charge in [-0.15, -0.1) is 0 Å². The molecule has 0 saturated carbocycles. The van der Waals surface area contributed by atoms with E-state index in [4.69, 9.17) is 9.72 Å². The van der Waals surface area contributed by atoms with Crippen molar-refractivity contribution in [1.29, 1.82) is 0 Å². The molecule has 156 valence electrons.